The van der Waals surface area contributed by atoms with E-state index >= 15 is 0 Å². The van der Waals surface area contributed by atoms with Gasteiger partial charge in [0.25, 0.3) is 0 Å². The number of methoxy groups -OCH3 is 1. The van der Waals surface area contributed by atoms with Crippen molar-refractivity contribution in [1.82, 2.24) is 0 Å². The Bertz CT molecular complexity index is 503. The maximum atomic E-state index is 14.2. The summed E-state index contributed by atoms with van der Waals surface area (Å²) in [6.45, 7) is 2.48. The average molecular weight is 282 g/mol. The molecule has 6 heteroatoms. The number of nitrogens with zero attached hydrogens (tertiary/aromatic N) is 1. The summed E-state index contributed by atoms with van der Waals surface area (Å²) in [7, 11) is 1.52. The van der Waals surface area contributed by atoms with Crippen LogP contribution in [0, 0.1) is 5.82 Å². The highest BCUT2D eigenvalue weighted by molar-refractivity contribution is 5.63. The fraction of sp³-hybridized carbons (Fsp3) is 0.571. The van der Waals surface area contributed by atoms with Crippen LogP contribution in [0.4, 0.5) is 15.8 Å². The zero-order valence-electron chi connectivity index (χ0n) is 11.5. The van der Waals surface area contributed by atoms with Crippen LogP contribution in [0.25, 0.3) is 0 Å². The molecule has 1 aromatic carbocycles. The number of piperidine rings is 1. The second kappa shape index (κ2) is 5.10. The number of nitrogen functional groups attached to an aromatic ring is 1. The zero-order valence-corrected chi connectivity index (χ0v) is 11.5. The SMILES string of the molecule is COc1cc(N2CCCC3(C2)OCCO3)c(F)cc1N. The smallest absolute Gasteiger partial charge is 0.186 e. The lowest BCUT2D eigenvalue weighted by atomic mass is 10.0. The Morgan fingerprint density at radius 2 is 2.10 bits per heavy atom. The van der Waals surface area contributed by atoms with Gasteiger partial charge in [0.1, 0.15) is 11.6 Å². The molecule has 2 N–H and O–H groups in total. The molecule has 0 aliphatic carbocycles. The van der Waals surface area contributed by atoms with Crippen molar-refractivity contribution in [2.24, 2.45) is 0 Å². The van der Waals surface area contributed by atoms with E-state index in [2.05, 4.69) is 0 Å². The number of hydrogen-bond donors (Lipinski definition) is 1. The normalized spacial score (nSPS) is 21.4. The van der Waals surface area contributed by atoms with E-state index < -0.39 is 5.79 Å². The third-order valence-electron chi connectivity index (χ3n) is 3.87. The molecule has 1 spiro atoms. The van der Waals surface area contributed by atoms with Gasteiger partial charge in [-0.3, -0.25) is 0 Å². The maximum absolute atomic E-state index is 14.2. The van der Waals surface area contributed by atoms with Gasteiger partial charge in [-0.05, 0) is 6.42 Å². The van der Waals surface area contributed by atoms with Crippen LogP contribution in [0.1, 0.15) is 12.8 Å². The van der Waals surface area contributed by atoms with E-state index in [1.54, 1.807) is 6.07 Å². The summed E-state index contributed by atoms with van der Waals surface area (Å²) in [6, 6.07) is 2.93. The first-order valence-electron chi connectivity index (χ1n) is 6.79. The lowest BCUT2D eigenvalue weighted by Gasteiger charge is -2.40. The summed E-state index contributed by atoms with van der Waals surface area (Å²) in [5, 5.41) is 0. The highest BCUT2D eigenvalue weighted by atomic mass is 19.1. The van der Waals surface area contributed by atoms with E-state index in [9.17, 15) is 4.39 Å². The molecule has 2 heterocycles. The molecule has 2 aliphatic heterocycles. The molecule has 0 radical (unpaired) electrons. The van der Waals surface area contributed by atoms with Gasteiger partial charge >= 0.3 is 0 Å². The van der Waals surface area contributed by atoms with Crippen molar-refractivity contribution in [3.05, 3.63) is 17.9 Å². The average Bonchev–Trinajstić information content (AvgIpc) is 2.87. The van der Waals surface area contributed by atoms with Gasteiger partial charge in [-0.25, -0.2) is 4.39 Å². The number of rotatable bonds is 2. The third kappa shape index (κ3) is 2.29. The van der Waals surface area contributed by atoms with E-state index in [1.807, 2.05) is 4.90 Å². The standard InChI is InChI=1S/C14H19FN2O3/c1-18-13-8-12(10(15)7-11(13)16)17-4-2-3-14(9-17)19-5-6-20-14/h7-8H,2-6,9,16H2,1H3. The van der Waals surface area contributed by atoms with Crippen LogP contribution >= 0.6 is 0 Å². The largest absolute Gasteiger partial charge is 0.495 e. The minimum atomic E-state index is -0.584. The Morgan fingerprint density at radius 1 is 1.35 bits per heavy atom. The van der Waals surface area contributed by atoms with Gasteiger partial charge in [0.05, 0.1) is 38.2 Å². The van der Waals surface area contributed by atoms with Crippen molar-refractivity contribution in [1.29, 1.82) is 0 Å². The van der Waals surface area contributed by atoms with Crippen LogP contribution in [-0.4, -0.2) is 39.2 Å². The Labute approximate surface area is 117 Å². The number of anilines is 2. The first-order valence-corrected chi connectivity index (χ1v) is 6.79. The third-order valence-corrected chi connectivity index (χ3v) is 3.87. The minimum absolute atomic E-state index is 0.300. The monoisotopic (exact) mass is 282 g/mol. The minimum Gasteiger partial charge on any atom is -0.495 e. The van der Waals surface area contributed by atoms with Crippen molar-refractivity contribution < 1.29 is 18.6 Å². The van der Waals surface area contributed by atoms with Crippen molar-refractivity contribution >= 4 is 11.4 Å². The van der Waals surface area contributed by atoms with Crippen molar-refractivity contribution in [3.63, 3.8) is 0 Å². The molecule has 110 valence electrons. The van der Waals surface area contributed by atoms with Crippen LogP contribution in [0.3, 0.4) is 0 Å². The van der Waals surface area contributed by atoms with Crippen molar-refractivity contribution in [2.75, 3.05) is 44.0 Å². The second-order valence-electron chi connectivity index (χ2n) is 5.18. The lowest BCUT2D eigenvalue weighted by Crippen LogP contribution is -2.49. The van der Waals surface area contributed by atoms with E-state index in [4.69, 9.17) is 19.9 Å². The molecule has 1 aromatic rings. The van der Waals surface area contributed by atoms with E-state index in [0.29, 0.717) is 36.9 Å². The molecule has 0 bridgehead atoms. The molecule has 3 rings (SSSR count). The van der Waals surface area contributed by atoms with Crippen LogP contribution in [0.5, 0.6) is 5.75 Å². The summed E-state index contributed by atoms with van der Waals surface area (Å²) in [5.41, 5.74) is 6.49. The van der Waals surface area contributed by atoms with Gasteiger partial charge in [-0.2, -0.15) is 0 Å². The number of halogens is 1. The molecule has 0 atom stereocenters. The van der Waals surface area contributed by atoms with Crippen LogP contribution < -0.4 is 15.4 Å². The first-order chi connectivity index (χ1) is 9.63. The van der Waals surface area contributed by atoms with Crippen molar-refractivity contribution in [3.8, 4) is 5.75 Å². The second-order valence-corrected chi connectivity index (χ2v) is 5.18. The zero-order chi connectivity index (χ0) is 14.2. The van der Waals surface area contributed by atoms with Gasteiger partial charge in [-0.1, -0.05) is 0 Å². The number of benzene rings is 1. The molecule has 5 nitrogen and oxygen atoms in total. The first kappa shape index (κ1) is 13.5. The molecule has 2 saturated heterocycles. The molecule has 0 aromatic heterocycles. The van der Waals surface area contributed by atoms with Crippen molar-refractivity contribution in [2.45, 2.75) is 18.6 Å². The fourth-order valence-corrected chi connectivity index (χ4v) is 2.90. The van der Waals surface area contributed by atoms with Crippen LogP contribution in [-0.2, 0) is 9.47 Å². The molecule has 0 amide bonds. The van der Waals surface area contributed by atoms with E-state index in [-0.39, 0.29) is 5.82 Å². The molecule has 2 fully saturated rings. The summed E-state index contributed by atoms with van der Waals surface area (Å²) in [5.74, 6) is -0.452. The fourth-order valence-electron chi connectivity index (χ4n) is 2.90. The molecule has 0 saturated carbocycles. The lowest BCUT2D eigenvalue weighted by molar-refractivity contribution is -0.161. The quantitative estimate of drug-likeness (QED) is 0.838. The van der Waals surface area contributed by atoms with Crippen LogP contribution in [0.15, 0.2) is 12.1 Å². The summed E-state index contributed by atoms with van der Waals surface area (Å²) in [4.78, 5) is 1.94. The van der Waals surface area contributed by atoms with Gasteiger partial charge < -0.3 is 24.8 Å². The number of ether oxygens (including phenoxy) is 3. The maximum Gasteiger partial charge on any atom is 0.186 e. The number of hydrogen-bond acceptors (Lipinski definition) is 5. The van der Waals surface area contributed by atoms with E-state index in [1.165, 1.54) is 13.2 Å². The summed E-state index contributed by atoms with van der Waals surface area (Å²) < 4.78 is 30.8. The molecule has 0 unspecified atom stereocenters. The van der Waals surface area contributed by atoms with Crippen LogP contribution in [0.2, 0.25) is 0 Å². The molecular formula is C14H19FN2O3. The molecular weight excluding hydrogens is 263 g/mol. The summed E-state index contributed by atoms with van der Waals surface area (Å²) >= 11 is 0. The topological polar surface area (TPSA) is 57.0 Å². The van der Waals surface area contributed by atoms with Gasteiger partial charge in [0.2, 0.25) is 0 Å². The predicted molar refractivity (Wildman–Crippen MR) is 73.4 cm³/mol. The summed E-state index contributed by atoms with van der Waals surface area (Å²) in [6.07, 6.45) is 1.74. The van der Waals surface area contributed by atoms with Gasteiger partial charge in [0, 0.05) is 25.1 Å². The number of nitrogens with two attached hydrogens (primary N) is 1. The molecule has 2 aliphatic rings. The predicted octanol–water partition coefficient (Wildman–Crippen LogP) is 1.76. The Hall–Kier alpha value is -1.53. The highest BCUT2D eigenvalue weighted by Gasteiger charge is 2.41. The highest BCUT2D eigenvalue weighted by Crippen LogP contribution is 2.36. The molecule has 20 heavy (non-hydrogen) atoms. The van der Waals surface area contributed by atoms with E-state index in [0.717, 1.165) is 19.4 Å². The van der Waals surface area contributed by atoms with Gasteiger partial charge in [0.15, 0.2) is 5.79 Å². The Balaban J connectivity index is 1.88. The van der Waals surface area contributed by atoms with Gasteiger partial charge in [-0.15, -0.1) is 0 Å². The Kier molecular flexibility index (Phi) is 3.43. The Morgan fingerprint density at radius 3 is 2.80 bits per heavy atom.